The third kappa shape index (κ3) is 5.03. The summed E-state index contributed by atoms with van der Waals surface area (Å²) in [6, 6.07) is 2.52. The zero-order valence-corrected chi connectivity index (χ0v) is 20.8. The monoisotopic (exact) mass is 506 g/mol. The average molecular weight is 507 g/mol. The molecule has 8 nitrogen and oxygen atoms in total. The van der Waals surface area contributed by atoms with Crippen LogP contribution < -0.4 is 10.5 Å². The molecule has 0 bridgehead atoms. The molecule has 1 aliphatic carbocycles. The van der Waals surface area contributed by atoms with Gasteiger partial charge in [-0.3, -0.25) is 9.79 Å². The molecule has 0 radical (unpaired) electrons. The van der Waals surface area contributed by atoms with Crippen molar-refractivity contribution < 1.29 is 27.8 Å². The van der Waals surface area contributed by atoms with Gasteiger partial charge >= 0.3 is 0 Å². The van der Waals surface area contributed by atoms with Crippen LogP contribution in [0.15, 0.2) is 29.5 Å². The van der Waals surface area contributed by atoms with E-state index in [4.69, 9.17) is 19.9 Å². The van der Waals surface area contributed by atoms with E-state index in [-0.39, 0.29) is 46.9 Å². The number of methoxy groups -OCH3 is 2. The number of aromatic nitrogens is 2. The van der Waals surface area contributed by atoms with E-state index in [1.54, 1.807) is 21.1 Å². The first kappa shape index (κ1) is 25.5. The lowest BCUT2D eigenvalue weighted by atomic mass is 9.84. The summed E-state index contributed by atoms with van der Waals surface area (Å²) in [5.74, 6) is -2.25. The molecule has 1 aromatic carbocycles. The normalized spacial score (nSPS) is 26.0. The minimum atomic E-state index is -1.07. The number of ketones is 1. The summed E-state index contributed by atoms with van der Waals surface area (Å²) >= 11 is 1.41. The first-order valence-electron chi connectivity index (χ1n) is 11.1. The first-order valence-corrected chi connectivity index (χ1v) is 12.0. The van der Waals surface area contributed by atoms with E-state index in [0.717, 1.165) is 6.07 Å². The van der Waals surface area contributed by atoms with Gasteiger partial charge in [-0.1, -0.05) is 11.8 Å². The third-order valence-electron chi connectivity index (χ3n) is 6.52. The molecule has 35 heavy (non-hydrogen) atoms. The van der Waals surface area contributed by atoms with Crippen LogP contribution >= 0.6 is 11.8 Å². The Balaban J connectivity index is 1.55. The second-order valence-corrected chi connectivity index (χ2v) is 10.5. The van der Waals surface area contributed by atoms with Crippen molar-refractivity contribution >= 4 is 22.7 Å². The summed E-state index contributed by atoms with van der Waals surface area (Å²) in [5, 5.41) is 0.303. The number of nitrogens with two attached hydrogens (primary N) is 1. The van der Waals surface area contributed by atoms with Crippen LogP contribution in [-0.2, 0) is 21.4 Å². The summed E-state index contributed by atoms with van der Waals surface area (Å²) in [7, 11) is 3.17. The number of thioether (sulfide) groups is 1. The highest BCUT2D eigenvalue weighted by Gasteiger charge is 2.66. The molecule has 188 valence electrons. The lowest BCUT2D eigenvalue weighted by Crippen LogP contribution is -2.38. The Morgan fingerprint density at radius 2 is 2.06 bits per heavy atom. The summed E-state index contributed by atoms with van der Waals surface area (Å²) in [4.78, 5) is 25.5. The van der Waals surface area contributed by atoms with E-state index in [1.807, 2.05) is 6.92 Å². The van der Waals surface area contributed by atoms with Gasteiger partial charge in [-0.05, 0) is 38.0 Å². The van der Waals surface area contributed by atoms with Crippen molar-refractivity contribution in [1.29, 1.82) is 0 Å². The predicted molar refractivity (Wildman–Crippen MR) is 128 cm³/mol. The highest BCUT2D eigenvalue weighted by molar-refractivity contribution is 8.15. The Bertz CT molecular complexity index is 1150. The summed E-state index contributed by atoms with van der Waals surface area (Å²) in [6.45, 7) is 4.31. The van der Waals surface area contributed by atoms with Crippen molar-refractivity contribution in [3.05, 3.63) is 53.0 Å². The maximum Gasteiger partial charge on any atom is 0.232 e. The van der Waals surface area contributed by atoms with E-state index >= 15 is 4.39 Å². The zero-order valence-electron chi connectivity index (χ0n) is 20.0. The van der Waals surface area contributed by atoms with Gasteiger partial charge in [0, 0.05) is 32.1 Å². The van der Waals surface area contributed by atoms with Gasteiger partial charge < -0.3 is 19.9 Å². The highest BCUT2D eigenvalue weighted by Crippen LogP contribution is 2.66. The van der Waals surface area contributed by atoms with Gasteiger partial charge in [-0.2, -0.15) is 0 Å². The summed E-state index contributed by atoms with van der Waals surface area (Å²) < 4.78 is 45.3. The lowest BCUT2D eigenvalue weighted by molar-refractivity contribution is 0.0697. The van der Waals surface area contributed by atoms with Gasteiger partial charge in [-0.25, -0.2) is 18.7 Å². The van der Waals surface area contributed by atoms with Crippen LogP contribution in [0.3, 0.4) is 0 Å². The molecule has 2 N–H and O–H groups in total. The minimum Gasteiger partial charge on any atom is -0.474 e. The number of Topliss-reactive ketones (excluding diaryl/α,β-unsaturated/α-hetero) is 1. The molecule has 4 atom stereocenters. The Morgan fingerprint density at radius 3 is 2.71 bits per heavy atom. The molecule has 4 rings (SSSR count). The standard InChI is InChI=1S/C24H28F2N4O4S/c1-13(33-4)11-34-20-10-28-17(9-29-20)18(31)7-14-5-15(21(26)16(25)6-14)23(2)19-8-24(19,12-32-3)35-22(27)30-23/h5-6,9-10,13,19H,7-8,11-12H2,1-4H3,(H2,27,30)/t13?,19-,23+,24+/m0/s1. The molecule has 0 spiro atoms. The van der Waals surface area contributed by atoms with E-state index in [9.17, 15) is 9.18 Å². The van der Waals surface area contributed by atoms with E-state index in [2.05, 4.69) is 15.0 Å². The van der Waals surface area contributed by atoms with Gasteiger partial charge in [-0.15, -0.1) is 0 Å². The smallest absolute Gasteiger partial charge is 0.232 e. The Kier molecular flexibility index (Phi) is 7.12. The molecular formula is C24H28F2N4O4S. The number of ether oxygens (including phenoxy) is 3. The first-order chi connectivity index (χ1) is 16.6. The quantitative estimate of drug-likeness (QED) is 0.489. The average Bonchev–Trinajstić information content (AvgIpc) is 3.54. The Hall–Kier alpha value is -2.63. The number of aliphatic imine (C=N–C) groups is 1. The number of carbonyl (C=O) groups is 1. The van der Waals surface area contributed by atoms with Crippen LogP contribution in [0.25, 0.3) is 0 Å². The molecule has 2 heterocycles. The number of hydrogen-bond acceptors (Lipinski definition) is 9. The Morgan fingerprint density at radius 1 is 1.29 bits per heavy atom. The third-order valence-corrected chi connectivity index (χ3v) is 7.80. The highest BCUT2D eigenvalue weighted by atomic mass is 32.2. The molecule has 0 amide bonds. The fourth-order valence-corrected chi connectivity index (χ4v) is 5.98. The topological polar surface area (TPSA) is 109 Å². The molecule has 11 heteroatoms. The molecule has 1 unspecified atom stereocenters. The van der Waals surface area contributed by atoms with Crippen molar-refractivity contribution in [2.75, 3.05) is 27.4 Å². The maximum atomic E-state index is 15.0. The van der Waals surface area contributed by atoms with Crippen molar-refractivity contribution in [3.63, 3.8) is 0 Å². The van der Waals surface area contributed by atoms with Gasteiger partial charge in [0.25, 0.3) is 0 Å². The van der Waals surface area contributed by atoms with Gasteiger partial charge in [0.2, 0.25) is 5.88 Å². The van der Waals surface area contributed by atoms with Crippen molar-refractivity contribution in [3.8, 4) is 5.88 Å². The maximum absolute atomic E-state index is 15.0. The number of fused-ring (bicyclic) bond motifs is 1. The van der Waals surface area contributed by atoms with E-state index in [1.165, 1.54) is 30.2 Å². The van der Waals surface area contributed by atoms with Crippen molar-refractivity contribution in [1.82, 2.24) is 9.97 Å². The van der Waals surface area contributed by atoms with Gasteiger partial charge in [0.1, 0.15) is 12.3 Å². The number of halogens is 2. The molecule has 1 aromatic heterocycles. The zero-order chi connectivity index (χ0) is 25.4. The van der Waals surface area contributed by atoms with Crippen LogP contribution in [0.2, 0.25) is 0 Å². The minimum absolute atomic E-state index is 0.0774. The van der Waals surface area contributed by atoms with E-state index < -0.39 is 23.0 Å². The molecule has 1 fully saturated rings. The van der Waals surface area contributed by atoms with Crippen LogP contribution in [-0.4, -0.2) is 59.2 Å². The fourth-order valence-electron chi connectivity index (χ4n) is 4.53. The van der Waals surface area contributed by atoms with E-state index in [0.29, 0.717) is 23.8 Å². The van der Waals surface area contributed by atoms with Crippen LogP contribution in [0, 0.1) is 17.6 Å². The lowest BCUT2D eigenvalue weighted by Gasteiger charge is -2.34. The molecule has 2 aromatic rings. The van der Waals surface area contributed by atoms with Crippen LogP contribution in [0.1, 0.15) is 41.9 Å². The Labute approximate surface area is 206 Å². The summed E-state index contributed by atoms with van der Waals surface area (Å²) in [6.07, 6.45) is 3.04. The number of benzene rings is 1. The SMILES string of the molecule is COC[C@]12C[C@H]1[C@@](C)(c1cc(CC(=O)c3cnc(OCC(C)OC)cn3)cc(F)c1F)N=C(N)S2. The molecular weight excluding hydrogens is 478 g/mol. The second-order valence-electron chi connectivity index (χ2n) is 9.09. The number of nitrogens with zero attached hydrogens (tertiary/aromatic N) is 3. The number of hydrogen-bond donors (Lipinski definition) is 1. The fraction of sp³-hybridized carbons (Fsp3) is 0.500. The van der Waals surface area contributed by atoms with Gasteiger partial charge in [0.15, 0.2) is 22.6 Å². The molecule has 0 saturated heterocycles. The van der Waals surface area contributed by atoms with Crippen molar-refractivity contribution in [2.45, 2.75) is 43.1 Å². The second kappa shape index (κ2) is 9.79. The number of rotatable bonds is 10. The number of amidine groups is 1. The molecule has 1 aliphatic heterocycles. The summed E-state index contributed by atoms with van der Waals surface area (Å²) in [5.41, 5.74) is 5.48. The number of carbonyl (C=O) groups excluding carboxylic acids is 1. The largest absolute Gasteiger partial charge is 0.474 e. The van der Waals surface area contributed by atoms with Crippen LogP contribution in [0.5, 0.6) is 5.88 Å². The molecule has 1 saturated carbocycles. The molecule has 2 aliphatic rings. The van der Waals surface area contributed by atoms with Crippen molar-refractivity contribution in [2.24, 2.45) is 16.6 Å². The predicted octanol–water partition coefficient (Wildman–Crippen LogP) is 3.28. The van der Waals surface area contributed by atoms with Crippen LogP contribution in [0.4, 0.5) is 8.78 Å². The van der Waals surface area contributed by atoms with Gasteiger partial charge in [0.05, 0.1) is 35.4 Å².